The molecule has 3 rings (SSSR count). The van der Waals surface area contributed by atoms with Crippen molar-refractivity contribution in [3.8, 4) is 5.82 Å². The summed E-state index contributed by atoms with van der Waals surface area (Å²) in [7, 11) is -3.44. The molecule has 1 N–H and O–H groups in total. The van der Waals surface area contributed by atoms with Crippen molar-refractivity contribution in [1.82, 2.24) is 14.8 Å². The summed E-state index contributed by atoms with van der Waals surface area (Å²) < 4.78 is 63.5. The van der Waals surface area contributed by atoms with Gasteiger partial charge in [-0.05, 0) is 30.9 Å². The molecular formula is C17H21F3N4O2S. The van der Waals surface area contributed by atoms with E-state index in [4.69, 9.17) is 0 Å². The van der Waals surface area contributed by atoms with Crippen LogP contribution in [-0.2, 0) is 16.0 Å². The Bertz CT molecular complexity index is 886. The molecule has 10 heteroatoms. The number of nitrogens with zero attached hydrogens (tertiary/aromatic N) is 3. The van der Waals surface area contributed by atoms with Gasteiger partial charge in [-0.15, -0.1) is 0 Å². The average molecular weight is 402 g/mol. The molecule has 148 valence electrons. The first kappa shape index (κ1) is 19.7. The Kier molecular flexibility index (Phi) is 5.45. The Morgan fingerprint density at radius 1 is 1.22 bits per heavy atom. The van der Waals surface area contributed by atoms with E-state index < -0.39 is 21.7 Å². The molecule has 1 fully saturated rings. The first-order valence-corrected chi connectivity index (χ1v) is 10.6. The number of sulfone groups is 1. The summed E-state index contributed by atoms with van der Waals surface area (Å²) in [6.45, 7) is 0.560. The summed E-state index contributed by atoms with van der Waals surface area (Å²) in [6, 6.07) is 3.60. The molecule has 2 heterocycles. The first-order valence-electron chi connectivity index (χ1n) is 8.72. The van der Waals surface area contributed by atoms with Gasteiger partial charge >= 0.3 is 6.18 Å². The summed E-state index contributed by atoms with van der Waals surface area (Å²) >= 11 is 0. The molecule has 1 aliphatic carbocycles. The minimum Gasteiger partial charge on any atom is -0.370 e. The van der Waals surface area contributed by atoms with Crippen LogP contribution in [0.5, 0.6) is 0 Å². The molecular weight excluding hydrogens is 381 g/mol. The van der Waals surface area contributed by atoms with E-state index in [1.54, 1.807) is 0 Å². The highest BCUT2D eigenvalue weighted by atomic mass is 32.2. The molecule has 0 amide bonds. The van der Waals surface area contributed by atoms with E-state index in [2.05, 4.69) is 15.4 Å². The first-order chi connectivity index (χ1) is 12.6. The second kappa shape index (κ2) is 7.49. The number of hydrogen-bond acceptors (Lipinski definition) is 5. The summed E-state index contributed by atoms with van der Waals surface area (Å²) in [5, 5.41) is 6.69. The fourth-order valence-corrected chi connectivity index (χ4v) is 3.74. The number of aromatic nitrogens is 3. The maximum Gasteiger partial charge on any atom is 0.435 e. The van der Waals surface area contributed by atoms with Crippen LogP contribution in [0.2, 0.25) is 0 Å². The molecule has 6 nitrogen and oxygen atoms in total. The van der Waals surface area contributed by atoms with Crippen LogP contribution < -0.4 is 5.32 Å². The van der Waals surface area contributed by atoms with Crippen molar-refractivity contribution in [2.75, 3.05) is 18.1 Å². The highest BCUT2D eigenvalue weighted by Crippen LogP contribution is 2.31. The standard InChI is InChI=1S/C17H21F3N4O2S/c1-27(25,26)13-7-8-15(22-11-13)24-16(9-14(23-24)17(18,19)20)21-10-12-5-3-2-4-6-12/h7-9,11-12,21H,2-6,10H2,1H3. The highest BCUT2D eigenvalue weighted by molar-refractivity contribution is 7.90. The summed E-state index contributed by atoms with van der Waals surface area (Å²) in [5.74, 6) is 0.716. The minimum atomic E-state index is -4.58. The van der Waals surface area contributed by atoms with Crippen LogP contribution in [0.4, 0.5) is 19.0 Å². The van der Waals surface area contributed by atoms with Gasteiger partial charge in [0.2, 0.25) is 0 Å². The summed E-state index contributed by atoms with van der Waals surface area (Å²) in [5.41, 5.74) is -1.03. The summed E-state index contributed by atoms with van der Waals surface area (Å²) in [6.07, 6.45) is 3.13. The van der Waals surface area contributed by atoms with Crippen molar-refractivity contribution < 1.29 is 21.6 Å². The number of anilines is 1. The lowest BCUT2D eigenvalue weighted by Gasteiger charge is -2.22. The van der Waals surface area contributed by atoms with Gasteiger partial charge in [-0.3, -0.25) is 0 Å². The molecule has 0 aliphatic heterocycles. The van der Waals surface area contributed by atoms with Crippen LogP contribution in [0.25, 0.3) is 5.82 Å². The Balaban J connectivity index is 1.89. The monoisotopic (exact) mass is 402 g/mol. The zero-order chi connectivity index (χ0) is 19.7. The number of nitrogens with one attached hydrogen (secondary N) is 1. The van der Waals surface area contributed by atoms with Crippen LogP contribution in [0.3, 0.4) is 0 Å². The lowest BCUT2D eigenvalue weighted by Crippen LogP contribution is -2.18. The number of hydrogen-bond donors (Lipinski definition) is 1. The van der Waals surface area contributed by atoms with Crippen molar-refractivity contribution in [1.29, 1.82) is 0 Å². The Hall–Kier alpha value is -2.10. The molecule has 1 saturated carbocycles. The molecule has 0 bridgehead atoms. The van der Waals surface area contributed by atoms with Crippen LogP contribution in [0.1, 0.15) is 37.8 Å². The molecule has 0 unspecified atom stereocenters. The van der Waals surface area contributed by atoms with Crippen LogP contribution in [-0.4, -0.2) is 36.0 Å². The van der Waals surface area contributed by atoms with Crippen molar-refractivity contribution in [2.45, 2.75) is 43.2 Å². The van der Waals surface area contributed by atoms with Gasteiger partial charge in [0, 0.05) is 25.1 Å². The van der Waals surface area contributed by atoms with Gasteiger partial charge in [0.1, 0.15) is 5.82 Å². The number of halogens is 3. The molecule has 0 saturated heterocycles. The second-order valence-corrected chi connectivity index (χ2v) is 8.85. The van der Waals surface area contributed by atoms with Crippen molar-refractivity contribution in [3.05, 3.63) is 30.1 Å². The number of alkyl halides is 3. The van der Waals surface area contributed by atoms with Gasteiger partial charge in [-0.1, -0.05) is 19.3 Å². The average Bonchev–Trinajstić information content (AvgIpc) is 3.05. The molecule has 2 aromatic rings. The van der Waals surface area contributed by atoms with E-state index in [1.807, 2.05) is 0 Å². The third-order valence-electron chi connectivity index (χ3n) is 4.66. The molecule has 0 aromatic carbocycles. The van der Waals surface area contributed by atoms with Gasteiger partial charge in [-0.2, -0.15) is 23.0 Å². The van der Waals surface area contributed by atoms with E-state index in [1.165, 1.54) is 18.6 Å². The van der Waals surface area contributed by atoms with Gasteiger partial charge in [0.15, 0.2) is 21.3 Å². The molecule has 27 heavy (non-hydrogen) atoms. The smallest absolute Gasteiger partial charge is 0.370 e. The van der Waals surface area contributed by atoms with Crippen LogP contribution in [0.15, 0.2) is 29.3 Å². The van der Waals surface area contributed by atoms with E-state index in [0.717, 1.165) is 48.9 Å². The topological polar surface area (TPSA) is 76.9 Å². The predicted molar refractivity (Wildman–Crippen MR) is 94.5 cm³/mol. The van der Waals surface area contributed by atoms with Gasteiger partial charge in [-0.25, -0.2) is 13.4 Å². The molecule has 0 spiro atoms. The zero-order valence-electron chi connectivity index (χ0n) is 14.8. The van der Waals surface area contributed by atoms with E-state index >= 15 is 0 Å². The third kappa shape index (κ3) is 4.79. The van der Waals surface area contributed by atoms with E-state index in [-0.39, 0.29) is 16.5 Å². The van der Waals surface area contributed by atoms with Gasteiger partial charge < -0.3 is 5.32 Å². The lowest BCUT2D eigenvalue weighted by molar-refractivity contribution is -0.141. The zero-order valence-corrected chi connectivity index (χ0v) is 15.6. The fourth-order valence-electron chi connectivity index (χ4n) is 3.18. The Labute approximate surface area is 155 Å². The van der Waals surface area contributed by atoms with E-state index in [9.17, 15) is 21.6 Å². The number of rotatable bonds is 5. The van der Waals surface area contributed by atoms with Crippen LogP contribution in [0, 0.1) is 5.92 Å². The van der Waals surface area contributed by atoms with Crippen LogP contribution >= 0.6 is 0 Å². The van der Waals surface area contributed by atoms with Gasteiger partial charge in [0.25, 0.3) is 0 Å². The third-order valence-corrected chi connectivity index (χ3v) is 5.76. The van der Waals surface area contributed by atoms with Crippen molar-refractivity contribution in [3.63, 3.8) is 0 Å². The minimum absolute atomic E-state index is 0.00818. The van der Waals surface area contributed by atoms with E-state index in [0.29, 0.717) is 12.5 Å². The molecule has 1 aliphatic rings. The molecule has 0 radical (unpaired) electrons. The van der Waals surface area contributed by atoms with Crippen molar-refractivity contribution >= 4 is 15.7 Å². The Morgan fingerprint density at radius 3 is 2.48 bits per heavy atom. The second-order valence-electron chi connectivity index (χ2n) is 6.83. The highest BCUT2D eigenvalue weighted by Gasteiger charge is 2.35. The fraction of sp³-hybridized carbons (Fsp3) is 0.529. The van der Waals surface area contributed by atoms with Gasteiger partial charge in [0.05, 0.1) is 4.90 Å². The van der Waals surface area contributed by atoms with Crippen molar-refractivity contribution in [2.24, 2.45) is 5.92 Å². The SMILES string of the molecule is CS(=O)(=O)c1ccc(-n2nc(C(F)(F)F)cc2NCC2CCCCC2)nc1. The Morgan fingerprint density at radius 2 is 1.93 bits per heavy atom. The molecule has 0 atom stereocenters. The largest absolute Gasteiger partial charge is 0.435 e. The quantitative estimate of drug-likeness (QED) is 0.826. The lowest BCUT2D eigenvalue weighted by atomic mass is 9.89. The maximum atomic E-state index is 13.1. The normalized spacial score (nSPS) is 16.4. The summed E-state index contributed by atoms with van der Waals surface area (Å²) in [4.78, 5) is 3.97. The number of pyridine rings is 1. The predicted octanol–water partition coefficient (Wildman–Crippen LogP) is 3.68. The maximum absolute atomic E-state index is 13.1. The molecule has 2 aromatic heterocycles.